The summed E-state index contributed by atoms with van der Waals surface area (Å²) < 4.78 is 19.7. The Hall–Kier alpha value is -2.20. The number of hydrogen-bond donors (Lipinski definition) is 0. The van der Waals surface area contributed by atoms with Crippen LogP contribution in [-0.2, 0) is 4.74 Å². The third kappa shape index (κ3) is 3.02. The SMILES string of the molecule is O=C(c1ccccc1-c1ccccc1)N(F)C1CCOCC1. The van der Waals surface area contributed by atoms with E-state index in [1.807, 2.05) is 42.5 Å². The Morgan fingerprint density at radius 3 is 2.36 bits per heavy atom. The fraction of sp³-hybridized carbons (Fsp3) is 0.278. The maximum absolute atomic E-state index is 14.5. The lowest BCUT2D eigenvalue weighted by molar-refractivity contribution is -0.0434. The minimum atomic E-state index is -0.577. The van der Waals surface area contributed by atoms with Gasteiger partial charge in [-0.2, -0.15) is 5.12 Å². The van der Waals surface area contributed by atoms with Gasteiger partial charge >= 0.3 is 0 Å². The van der Waals surface area contributed by atoms with Crippen molar-refractivity contribution in [1.29, 1.82) is 0 Å². The monoisotopic (exact) mass is 299 g/mol. The quantitative estimate of drug-likeness (QED) is 0.805. The van der Waals surface area contributed by atoms with Crippen molar-refractivity contribution in [1.82, 2.24) is 5.12 Å². The van der Waals surface area contributed by atoms with E-state index in [1.54, 1.807) is 12.1 Å². The van der Waals surface area contributed by atoms with Gasteiger partial charge in [0.2, 0.25) is 0 Å². The molecule has 4 heteroatoms. The number of carbonyl (C=O) groups excluding carboxylic acids is 1. The molecule has 1 saturated heterocycles. The molecule has 1 heterocycles. The first kappa shape index (κ1) is 14.7. The Bertz CT molecular complexity index is 639. The maximum atomic E-state index is 14.5. The molecule has 1 fully saturated rings. The lowest BCUT2D eigenvalue weighted by Gasteiger charge is -2.27. The number of carbonyl (C=O) groups is 1. The third-order valence-electron chi connectivity index (χ3n) is 3.95. The van der Waals surface area contributed by atoms with Crippen molar-refractivity contribution in [3.05, 3.63) is 60.2 Å². The molecule has 0 atom stereocenters. The highest BCUT2D eigenvalue weighted by atomic mass is 19.2. The van der Waals surface area contributed by atoms with Gasteiger partial charge in [0.25, 0.3) is 5.91 Å². The van der Waals surface area contributed by atoms with Crippen molar-refractivity contribution < 1.29 is 14.0 Å². The van der Waals surface area contributed by atoms with Gasteiger partial charge in [-0.3, -0.25) is 4.79 Å². The number of hydrogen-bond acceptors (Lipinski definition) is 2. The molecule has 0 spiro atoms. The van der Waals surface area contributed by atoms with E-state index in [-0.39, 0.29) is 0 Å². The average Bonchev–Trinajstić information content (AvgIpc) is 2.62. The second kappa shape index (κ2) is 6.71. The van der Waals surface area contributed by atoms with Crippen LogP contribution in [0.1, 0.15) is 23.2 Å². The molecule has 3 nitrogen and oxygen atoms in total. The van der Waals surface area contributed by atoms with E-state index in [0.717, 1.165) is 11.1 Å². The summed E-state index contributed by atoms with van der Waals surface area (Å²) >= 11 is 0. The van der Waals surface area contributed by atoms with E-state index in [9.17, 15) is 9.28 Å². The average molecular weight is 299 g/mol. The fourth-order valence-corrected chi connectivity index (χ4v) is 2.73. The summed E-state index contributed by atoms with van der Waals surface area (Å²) in [5, 5.41) is 0.379. The lowest BCUT2D eigenvalue weighted by Crippen LogP contribution is -2.38. The van der Waals surface area contributed by atoms with E-state index in [0.29, 0.717) is 36.7 Å². The topological polar surface area (TPSA) is 29.5 Å². The summed E-state index contributed by atoms with van der Waals surface area (Å²) in [5.41, 5.74) is 2.05. The number of halogens is 1. The Kier molecular flexibility index (Phi) is 4.49. The first-order valence-corrected chi connectivity index (χ1v) is 7.49. The summed E-state index contributed by atoms with van der Waals surface area (Å²) in [7, 11) is 0. The van der Waals surface area contributed by atoms with Crippen LogP contribution >= 0.6 is 0 Å². The molecule has 2 aromatic carbocycles. The van der Waals surface area contributed by atoms with Gasteiger partial charge < -0.3 is 4.74 Å². The zero-order valence-corrected chi connectivity index (χ0v) is 12.2. The van der Waals surface area contributed by atoms with Crippen LogP contribution in [0.5, 0.6) is 0 Å². The second-order valence-electron chi connectivity index (χ2n) is 5.37. The molecular weight excluding hydrogens is 281 g/mol. The van der Waals surface area contributed by atoms with Crippen molar-refractivity contribution in [2.75, 3.05) is 13.2 Å². The molecule has 0 radical (unpaired) electrons. The van der Waals surface area contributed by atoms with E-state index < -0.39 is 11.9 Å². The van der Waals surface area contributed by atoms with Crippen molar-refractivity contribution in [3.8, 4) is 11.1 Å². The van der Waals surface area contributed by atoms with Gasteiger partial charge in [-0.1, -0.05) is 53.0 Å². The fourth-order valence-electron chi connectivity index (χ4n) is 2.73. The molecule has 0 bridgehead atoms. The van der Waals surface area contributed by atoms with Crippen LogP contribution in [0.3, 0.4) is 0 Å². The molecule has 114 valence electrons. The minimum Gasteiger partial charge on any atom is -0.381 e. The maximum Gasteiger partial charge on any atom is 0.282 e. The number of amides is 1. The Balaban J connectivity index is 1.89. The highest BCUT2D eigenvalue weighted by Crippen LogP contribution is 2.26. The van der Waals surface area contributed by atoms with Crippen LogP contribution in [0, 0.1) is 0 Å². The van der Waals surface area contributed by atoms with Crippen LogP contribution in [0.15, 0.2) is 54.6 Å². The molecule has 0 unspecified atom stereocenters. The van der Waals surface area contributed by atoms with Crippen molar-refractivity contribution in [3.63, 3.8) is 0 Å². The summed E-state index contributed by atoms with van der Waals surface area (Å²) in [6, 6.07) is 16.3. The van der Waals surface area contributed by atoms with E-state index in [2.05, 4.69) is 0 Å². The van der Waals surface area contributed by atoms with Crippen LogP contribution < -0.4 is 0 Å². The van der Waals surface area contributed by atoms with E-state index >= 15 is 0 Å². The normalized spacial score (nSPS) is 15.5. The third-order valence-corrected chi connectivity index (χ3v) is 3.95. The second-order valence-corrected chi connectivity index (χ2v) is 5.37. The molecular formula is C18H18FNO2. The van der Waals surface area contributed by atoms with Gasteiger partial charge in [0.1, 0.15) is 0 Å². The Morgan fingerprint density at radius 1 is 1.00 bits per heavy atom. The number of rotatable bonds is 3. The molecule has 2 aromatic rings. The van der Waals surface area contributed by atoms with Crippen LogP contribution in [-0.4, -0.2) is 30.3 Å². The molecule has 3 rings (SSSR count). The zero-order valence-electron chi connectivity index (χ0n) is 12.2. The van der Waals surface area contributed by atoms with E-state index in [4.69, 9.17) is 4.74 Å². The van der Waals surface area contributed by atoms with Gasteiger partial charge in [-0.05, 0) is 30.0 Å². The Morgan fingerprint density at radius 2 is 1.64 bits per heavy atom. The smallest absolute Gasteiger partial charge is 0.282 e. The molecule has 0 aromatic heterocycles. The van der Waals surface area contributed by atoms with Crippen LogP contribution in [0.4, 0.5) is 4.48 Å². The highest BCUT2D eigenvalue weighted by Gasteiger charge is 2.28. The summed E-state index contributed by atoms with van der Waals surface area (Å²) in [5.74, 6) is -0.577. The molecule has 0 N–H and O–H groups in total. The molecule has 22 heavy (non-hydrogen) atoms. The van der Waals surface area contributed by atoms with Gasteiger partial charge in [0.05, 0.1) is 6.04 Å². The molecule has 1 aliphatic rings. The minimum absolute atomic E-state index is 0.379. The largest absolute Gasteiger partial charge is 0.381 e. The van der Waals surface area contributed by atoms with Gasteiger partial charge in [0, 0.05) is 18.8 Å². The molecule has 1 aliphatic heterocycles. The van der Waals surface area contributed by atoms with Crippen molar-refractivity contribution in [2.24, 2.45) is 0 Å². The summed E-state index contributed by atoms with van der Waals surface area (Å²) in [6.45, 7) is 0.997. The van der Waals surface area contributed by atoms with Crippen LogP contribution in [0.2, 0.25) is 0 Å². The Labute approximate surface area is 129 Å². The predicted molar refractivity (Wildman–Crippen MR) is 83.0 cm³/mol. The standard InChI is InChI=1S/C18H18FNO2/c19-20(15-10-12-22-13-11-15)18(21)17-9-5-4-8-16(17)14-6-2-1-3-7-14/h1-9,15H,10-13H2. The predicted octanol–water partition coefficient (Wildman–Crippen LogP) is 3.86. The highest BCUT2D eigenvalue weighted by molar-refractivity contribution is 6.00. The summed E-state index contributed by atoms with van der Waals surface area (Å²) in [6.07, 6.45) is 1.07. The number of nitrogens with zero attached hydrogens (tertiary/aromatic N) is 1. The first-order valence-electron chi connectivity index (χ1n) is 7.49. The van der Waals surface area contributed by atoms with E-state index in [1.165, 1.54) is 0 Å². The molecule has 0 aliphatic carbocycles. The van der Waals surface area contributed by atoms with Gasteiger partial charge in [-0.25, -0.2) is 0 Å². The van der Waals surface area contributed by atoms with Crippen molar-refractivity contribution in [2.45, 2.75) is 18.9 Å². The first-order chi connectivity index (χ1) is 10.8. The summed E-state index contributed by atoms with van der Waals surface area (Å²) in [4.78, 5) is 12.5. The molecule has 0 saturated carbocycles. The van der Waals surface area contributed by atoms with Gasteiger partial charge in [0.15, 0.2) is 0 Å². The van der Waals surface area contributed by atoms with Crippen LogP contribution in [0.25, 0.3) is 11.1 Å². The molecule has 1 amide bonds. The lowest BCUT2D eigenvalue weighted by atomic mass is 9.98. The zero-order chi connectivity index (χ0) is 15.4. The number of benzene rings is 2. The van der Waals surface area contributed by atoms with Crippen molar-refractivity contribution >= 4 is 5.91 Å². The number of ether oxygens (including phenoxy) is 1. The van der Waals surface area contributed by atoms with Gasteiger partial charge in [-0.15, -0.1) is 0 Å².